The standard InChI is InChI=1S/C27H29N7O2/c1-2-6-22(35)33-12-11-27(16-33)13-18(14-27)34-26-23(25(28)30-17-31-26)24(32-34)21-10-9-20(15-29-21)36-19-7-4-3-5-8-19/h3-5,7-10,15,17-18H,2,6,11-14,16H2,1H3,(H2,28,30,31). The van der Waals surface area contributed by atoms with E-state index in [1.165, 1.54) is 6.33 Å². The van der Waals surface area contributed by atoms with Gasteiger partial charge < -0.3 is 15.4 Å². The SMILES string of the molecule is CCCC(=O)N1CCC2(CC(n3nc(-c4ccc(Oc5ccccc5)cn4)c4c(N)ncnc43)C2)C1. The molecular formula is C27H29N7O2. The van der Waals surface area contributed by atoms with Gasteiger partial charge in [-0.15, -0.1) is 0 Å². The molecule has 1 aromatic carbocycles. The highest BCUT2D eigenvalue weighted by Gasteiger charge is 2.50. The molecule has 6 rings (SSSR count). The maximum atomic E-state index is 12.4. The number of aromatic nitrogens is 5. The number of nitrogens with zero attached hydrogens (tertiary/aromatic N) is 6. The van der Waals surface area contributed by atoms with Gasteiger partial charge in [-0.05, 0) is 55.4 Å². The van der Waals surface area contributed by atoms with E-state index in [-0.39, 0.29) is 17.4 Å². The number of hydrogen-bond donors (Lipinski definition) is 1. The summed E-state index contributed by atoms with van der Waals surface area (Å²) in [6.07, 6.45) is 7.69. The molecule has 0 radical (unpaired) electrons. The van der Waals surface area contributed by atoms with Gasteiger partial charge in [-0.2, -0.15) is 5.10 Å². The van der Waals surface area contributed by atoms with Gasteiger partial charge in [0.15, 0.2) is 5.65 Å². The van der Waals surface area contributed by atoms with Crippen molar-refractivity contribution in [3.63, 3.8) is 0 Å². The van der Waals surface area contributed by atoms with E-state index in [4.69, 9.17) is 15.6 Å². The first-order valence-corrected chi connectivity index (χ1v) is 12.5. The topological polar surface area (TPSA) is 112 Å². The molecule has 4 heterocycles. The van der Waals surface area contributed by atoms with E-state index in [1.54, 1.807) is 6.20 Å². The summed E-state index contributed by atoms with van der Waals surface area (Å²) in [5.74, 6) is 2.05. The number of carbonyl (C=O) groups is 1. The van der Waals surface area contributed by atoms with Crippen LogP contribution in [0.4, 0.5) is 5.82 Å². The molecule has 1 spiro atoms. The van der Waals surface area contributed by atoms with Crippen molar-refractivity contribution in [1.82, 2.24) is 29.6 Å². The Morgan fingerprint density at radius 3 is 2.69 bits per heavy atom. The highest BCUT2D eigenvalue weighted by molar-refractivity contribution is 5.97. The maximum absolute atomic E-state index is 12.4. The Labute approximate surface area is 209 Å². The number of hydrogen-bond acceptors (Lipinski definition) is 7. The van der Waals surface area contributed by atoms with E-state index in [0.29, 0.717) is 34.8 Å². The molecule has 1 aliphatic carbocycles. The second-order valence-corrected chi connectivity index (χ2v) is 9.92. The van der Waals surface area contributed by atoms with E-state index < -0.39 is 0 Å². The summed E-state index contributed by atoms with van der Waals surface area (Å²) in [6.45, 7) is 3.75. The van der Waals surface area contributed by atoms with Crippen LogP contribution in [0, 0.1) is 5.41 Å². The smallest absolute Gasteiger partial charge is 0.222 e. The third kappa shape index (κ3) is 3.94. The number of likely N-dealkylation sites (tertiary alicyclic amines) is 1. The third-order valence-electron chi connectivity index (χ3n) is 7.41. The van der Waals surface area contributed by atoms with Gasteiger partial charge in [-0.1, -0.05) is 25.1 Å². The molecule has 2 fully saturated rings. The van der Waals surface area contributed by atoms with Crippen LogP contribution in [0.2, 0.25) is 0 Å². The largest absolute Gasteiger partial charge is 0.456 e. The summed E-state index contributed by atoms with van der Waals surface area (Å²) in [7, 11) is 0. The number of benzene rings is 1. The van der Waals surface area contributed by atoms with Crippen LogP contribution in [-0.4, -0.2) is 48.6 Å². The monoisotopic (exact) mass is 483 g/mol. The lowest BCUT2D eigenvalue weighted by Crippen LogP contribution is -2.42. The Balaban J connectivity index is 1.25. The van der Waals surface area contributed by atoms with Crippen molar-refractivity contribution in [1.29, 1.82) is 0 Å². The summed E-state index contributed by atoms with van der Waals surface area (Å²) in [5, 5.41) is 5.66. The number of ether oxygens (including phenoxy) is 1. The Morgan fingerprint density at radius 1 is 1.11 bits per heavy atom. The van der Waals surface area contributed by atoms with Gasteiger partial charge in [0.25, 0.3) is 0 Å². The van der Waals surface area contributed by atoms with Crippen molar-refractivity contribution < 1.29 is 9.53 Å². The highest BCUT2D eigenvalue weighted by Crippen LogP contribution is 2.54. The van der Waals surface area contributed by atoms with Gasteiger partial charge in [0, 0.05) is 19.5 Å². The molecule has 184 valence electrons. The van der Waals surface area contributed by atoms with E-state index in [1.807, 2.05) is 52.0 Å². The van der Waals surface area contributed by atoms with Crippen LogP contribution < -0.4 is 10.5 Å². The van der Waals surface area contributed by atoms with E-state index in [2.05, 4.69) is 21.9 Å². The molecule has 0 unspecified atom stereocenters. The second kappa shape index (κ2) is 8.89. The summed E-state index contributed by atoms with van der Waals surface area (Å²) in [6, 6.07) is 13.6. The molecule has 1 aliphatic heterocycles. The molecule has 1 saturated heterocycles. The fraction of sp³-hybridized carbons (Fsp3) is 0.370. The van der Waals surface area contributed by atoms with E-state index in [9.17, 15) is 4.79 Å². The maximum Gasteiger partial charge on any atom is 0.222 e. The average molecular weight is 484 g/mol. The van der Waals surface area contributed by atoms with Crippen molar-refractivity contribution in [3.05, 3.63) is 55.0 Å². The van der Waals surface area contributed by atoms with Crippen LogP contribution >= 0.6 is 0 Å². The van der Waals surface area contributed by atoms with Crippen LogP contribution in [-0.2, 0) is 4.79 Å². The Bertz CT molecular complexity index is 1400. The Morgan fingerprint density at radius 2 is 1.94 bits per heavy atom. The first-order chi connectivity index (χ1) is 17.5. The molecule has 3 aromatic heterocycles. The molecule has 0 atom stereocenters. The number of nitrogen functional groups attached to an aromatic ring is 1. The lowest BCUT2D eigenvalue weighted by molar-refractivity contribution is -0.131. The molecule has 4 aromatic rings. The minimum absolute atomic E-state index is 0.180. The number of anilines is 1. The van der Waals surface area contributed by atoms with Crippen LogP contribution in [0.5, 0.6) is 11.5 Å². The fourth-order valence-electron chi connectivity index (χ4n) is 5.60. The first kappa shape index (κ1) is 22.5. The number of carbonyl (C=O) groups excluding carboxylic acids is 1. The van der Waals surface area contributed by atoms with Crippen LogP contribution in [0.15, 0.2) is 55.0 Å². The molecule has 0 bridgehead atoms. The van der Waals surface area contributed by atoms with Gasteiger partial charge in [0.05, 0.1) is 23.3 Å². The minimum atomic E-state index is 0.180. The van der Waals surface area contributed by atoms with Gasteiger partial charge in [-0.3, -0.25) is 9.78 Å². The van der Waals surface area contributed by atoms with Gasteiger partial charge >= 0.3 is 0 Å². The van der Waals surface area contributed by atoms with Crippen molar-refractivity contribution >= 4 is 22.8 Å². The number of para-hydroxylation sites is 1. The molecule has 1 amide bonds. The highest BCUT2D eigenvalue weighted by atomic mass is 16.5. The lowest BCUT2D eigenvalue weighted by Gasteiger charge is -2.45. The molecule has 2 aliphatic rings. The van der Waals surface area contributed by atoms with E-state index >= 15 is 0 Å². The quantitative estimate of drug-likeness (QED) is 0.426. The number of fused-ring (bicyclic) bond motifs is 1. The van der Waals surface area contributed by atoms with Crippen LogP contribution in [0.25, 0.3) is 22.4 Å². The zero-order chi connectivity index (χ0) is 24.7. The Kier molecular flexibility index (Phi) is 5.55. The van der Waals surface area contributed by atoms with Crippen LogP contribution in [0.1, 0.15) is 45.1 Å². The number of rotatable bonds is 6. The zero-order valence-electron chi connectivity index (χ0n) is 20.3. The fourth-order valence-corrected chi connectivity index (χ4v) is 5.60. The normalized spacial score (nSPS) is 21.1. The van der Waals surface area contributed by atoms with Crippen molar-refractivity contribution in [3.8, 4) is 22.9 Å². The van der Waals surface area contributed by atoms with Crippen molar-refractivity contribution in [2.24, 2.45) is 5.41 Å². The Hall–Kier alpha value is -4.01. The van der Waals surface area contributed by atoms with Crippen LogP contribution in [0.3, 0.4) is 0 Å². The molecule has 2 N–H and O–H groups in total. The molecule has 9 heteroatoms. The second-order valence-electron chi connectivity index (χ2n) is 9.92. The lowest BCUT2D eigenvalue weighted by atomic mass is 9.65. The summed E-state index contributed by atoms with van der Waals surface area (Å²) < 4.78 is 7.87. The number of pyridine rings is 1. The van der Waals surface area contributed by atoms with Crippen molar-refractivity contribution in [2.45, 2.75) is 45.1 Å². The van der Waals surface area contributed by atoms with Gasteiger partial charge in [0.1, 0.15) is 29.3 Å². The van der Waals surface area contributed by atoms with Gasteiger partial charge in [-0.25, -0.2) is 14.6 Å². The average Bonchev–Trinajstić information content (AvgIpc) is 3.48. The number of nitrogens with two attached hydrogens (primary N) is 1. The third-order valence-corrected chi connectivity index (χ3v) is 7.41. The molecule has 1 saturated carbocycles. The molecule has 36 heavy (non-hydrogen) atoms. The van der Waals surface area contributed by atoms with Gasteiger partial charge in [0.2, 0.25) is 5.91 Å². The molecular weight excluding hydrogens is 454 g/mol. The predicted octanol–water partition coefficient (Wildman–Crippen LogP) is 4.62. The molecule has 9 nitrogen and oxygen atoms in total. The summed E-state index contributed by atoms with van der Waals surface area (Å²) in [5.41, 5.74) is 8.55. The summed E-state index contributed by atoms with van der Waals surface area (Å²) >= 11 is 0. The zero-order valence-corrected chi connectivity index (χ0v) is 20.3. The number of amides is 1. The van der Waals surface area contributed by atoms with E-state index in [0.717, 1.165) is 50.2 Å². The predicted molar refractivity (Wildman–Crippen MR) is 136 cm³/mol. The summed E-state index contributed by atoms with van der Waals surface area (Å²) in [4.78, 5) is 27.8. The minimum Gasteiger partial charge on any atom is -0.456 e. The van der Waals surface area contributed by atoms with Crippen molar-refractivity contribution in [2.75, 3.05) is 18.8 Å². The first-order valence-electron chi connectivity index (χ1n) is 12.5.